The molecule has 0 aromatic carbocycles. The summed E-state index contributed by atoms with van der Waals surface area (Å²) in [7, 11) is 0. The van der Waals surface area contributed by atoms with E-state index in [0.29, 0.717) is 12.1 Å². The fourth-order valence-electron chi connectivity index (χ4n) is 2.37. The Bertz CT molecular complexity index is 355. The standard InChI is InChI=1S/C14H23N3/c1-3-14(4-2)17-10-9-13(16-17)11-15-12-7-5-6-8-12/h5-6,9-10,12,14-15H,3-4,7-8,11H2,1-2H3. The van der Waals surface area contributed by atoms with Crippen molar-refractivity contribution in [3.8, 4) is 0 Å². The Balaban J connectivity index is 1.85. The van der Waals surface area contributed by atoms with Crippen LogP contribution in [0, 0.1) is 0 Å². The highest BCUT2D eigenvalue weighted by molar-refractivity contribution is 5.02. The quantitative estimate of drug-likeness (QED) is 0.765. The van der Waals surface area contributed by atoms with Crippen molar-refractivity contribution in [2.75, 3.05) is 0 Å². The van der Waals surface area contributed by atoms with Gasteiger partial charge in [-0.25, -0.2) is 0 Å². The molecule has 0 atom stereocenters. The lowest BCUT2D eigenvalue weighted by Crippen LogP contribution is -2.26. The largest absolute Gasteiger partial charge is 0.308 e. The minimum Gasteiger partial charge on any atom is -0.308 e. The van der Waals surface area contributed by atoms with Crippen LogP contribution in [0.1, 0.15) is 51.3 Å². The predicted molar refractivity (Wildman–Crippen MR) is 70.8 cm³/mol. The van der Waals surface area contributed by atoms with Crippen LogP contribution < -0.4 is 5.32 Å². The number of nitrogens with one attached hydrogen (secondary N) is 1. The molecule has 0 fully saturated rings. The van der Waals surface area contributed by atoms with Crippen molar-refractivity contribution >= 4 is 0 Å². The van der Waals surface area contributed by atoms with Gasteiger partial charge in [0.2, 0.25) is 0 Å². The Morgan fingerprint density at radius 2 is 2.06 bits per heavy atom. The molecule has 17 heavy (non-hydrogen) atoms. The lowest BCUT2D eigenvalue weighted by Gasteiger charge is -2.13. The van der Waals surface area contributed by atoms with Crippen LogP contribution in [0.15, 0.2) is 24.4 Å². The molecule has 1 heterocycles. The van der Waals surface area contributed by atoms with Gasteiger partial charge < -0.3 is 5.32 Å². The summed E-state index contributed by atoms with van der Waals surface area (Å²) in [6.45, 7) is 5.33. The van der Waals surface area contributed by atoms with Crippen molar-refractivity contribution in [1.29, 1.82) is 0 Å². The fraction of sp³-hybridized carbons (Fsp3) is 0.643. The first-order valence-electron chi connectivity index (χ1n) is 6.75. The highest BCUT2D eigenvalue weighted by atomic mass is 15.3. The van der Waals surface area contributed by atoms with E-state index in [1.165, 1.54) is 0 Å². The molecule has 2 rings (SSSR count). The molecule has 0 spiro atoms. The molecule has 0 aliphatic heterocycles. The molecule has 0 unspecified atom stereocenters. The Kier molecular flexibility index (Phi) is 4.37. The third kappa shape index (κ3) is 3.19. The molecule has 94 valence electrons. The normalized spacial score (nSPS) is 16.2. The van der Waals surface area contributed by atoms with Crippen LogP contribution in [0.25, 0.3) is 0 Å². The summed E-state index contributed by atoms with van der Waals surface area (Å²) in [6.07, 6.45) is 11.2. The van der Waals surface area contributed by atoms with E-state index in [-0.39, 0.29) is 0 Å². The molecule has 1 N–H and O–H groups in total. The molecule has 0 saturated carbocycles. The van der Waals surface area contributed by atoms with Gasteiger partial charge in [0.25, 0.3) is 0 Å². The summed E-state index contributed by atoms with van der Waals surface area (Å²) >= 11 is 0. The monoisotopic (exact) mass is 233 g/mol. The van der Waals surface area contributed by atoms with Gasteiger partial charge in [-0.3, -0.25) is 4.68 Å². The van der Waals surface area contributed by atoms with Crippen molar-refractivity contribution in [2.45, 2.75) is 58.2 Å². The Hall–Kier alpha value is -1.09. The summed E-state index contributed by atoms with van der Waals surface area (Å²) in [5.41, 5.74) is 1.16. The van der Waals surface area contributed by atoms with Gasteiger partial charge in [0.05, 0.1) is 11.7 Å². The van der Waals surface area contributed by atoms with Crippen LogP contribution >= 0.6 is 0 Å². The van der Waals surface area contributed by atoms with Crippen molar-refractivity contribution < 1.29 is 0 Å². The highest BCUT2D eigenvalue weighted by Crippen LogP contribution is 2.15. The van der Waals surface area contributed by atoms with Crippen LogP contribution in [-0.4, -0.2) is 15.8 Å². The predicted octanol–water partition coefficient (Wildman–Crippen LogP) is 3.05. The lowest BCUT2D eigenvalue weighted by molar-refractivity contribution is 0.422. The van der Waals surface area contributed by atoms with E-state index in [1.54, 1.807) is 0 Å². The topological polar surface area (TPSA) is 29.9 Å². The van der Waals surface area contributed by atoms with Gasteiger partial charge in [0, 0.05) is 18.8 Å². The summed E-state index contributed by atoms with van der Waals surface area (Å²) in [5, 5.41) is 8.19. The van der Waals surface area contributed by atoms with E-state index in [2.05, 4.69) is 53.4 Å². The molecule has 0 saturated heterocycles. The van der Waals surface area contributed by atoms with Gasteiger partial charge in [-0.1, -0.05) is 26.0 Å². The second-order valence-corrected chi connectivity index (χ2v) is 4.78. The van der Waals surface area contributed by atoms with Gasteiger partial charge in [-0.05, 0) is 31.7 Å². The number of nitrogens with zero attached hydrogens (tertiary/aromatic N) is 2. The van der Waals surface area contributed by atoms with Crippen LogP contribution in [-0.2, 0) is 6.54 Å². The molecular weight excluding hydrogens is 210 g/mol. The maximum atomic E-state index is 4.65. The molecule has 1 aliphatic carbocycles. The van der Waals surface area contributed by atoms with Crippen LogP contribution in [0.3, 0.4) is 0 Å². The Labute approximate surface area is 104 Å². The second kappa shape index (κ2) is 6.01. The van der Waals surface area contributed by atoms with Gasteiger partial charge in [0.1, 0.15) is 0 Å². The minimum atomic E-state index is 0.553. The average molecular weight is 233 g/mol. The van der Waals surface area contributed by atoms with Crippen molar-refractivity contribution in [2.24, 2.45) is 0 Å². The summed E-state index contributed by atoms with van der Waals surface area (Å²) in [5.74, 6) is 0. The number of hydrogen-bond donors (Lipinski definition) is 1. The van der Waals surface area contributed by atoms with Crippen molar-refractivity contribution in [1.82, 2.24) is 15.1 Å². The second-order valence-electron chi connectivity index (χ2n) is 4.78. The zero-order valence-electron chi connectivity index (χ0n) is 10.9. The third-order valence-corrected chi connectivity index (χ3v) is 3.56. The molecule has 1 aromatic heterocycles. The highest BCUT2D eigenvalue weighted by Gasteiger charge is 2.11. The molecule has 1 aliphatic rings. The van der Waals surface area contributed by atoms with E-state index in [4.69, 9.17) is 0 Å². The fourth-order valence-corrected chi connectivity index (χ4v) is 2.37. The van der Waals surface area contributed by atoms with Gasteiger partial charge in [-0.15, -0.1) is 0 Å². The summed E-state index contributed by atoms with van der Waals surface area (Å²) in [6, 6.07) is 3.30. The molecule has 0 amide bonds. The maximum absolute atomic E-state index is 4.65. The van der Waals surface area contributed by atoms with Crippen LogP contribution in [0.4, 0.5) is 0 Å². The Morgan fingerprint density at radius 1 is 1.35 bits per heavy atom. The van der Waals surface area contributed by atoms with Crippen LogP contribution in [0.2, 0.25) is 0 Å². The lowest BCUT2D eigenvalue weighted by atomic mass is 10.2. The Morgan fingerprint density at radius 3 is 2.71 bits per heavy atom. The molecule has 0 bridgehead atoms. The number of hydrogen-bond acceptors (Lipinski definition) is 2. The summed E-state index contributed by atoms with van der Waals surface area (Å²) < 4.78 is 2.11. The van der Waals surface area contributed by atoms with E-state index in [9.17, 15) is 0 Å². The maximum Gasteiger partial charge on any atom is 0.0762 e. The first kappa shape index (κ1) is 12.4. The zero-order chi connectivity index (χ0) is 12.1. The van der Waals surface area contributed by atoms with Gasteiger partial charge >= 0.3 is 0 Å². The van der Waals surface area contributed by atoms with E-state index in [1.807, 2.05) is 0 Å². The van der Waals surface area contributed by atoms with Crippen molar-refractivity contribution in [3.05, 3.63) is 30.1 Å². The minimum absolute atomic E-state index is 0.553. The first-order valence-corrected chi connectivity index (χ1v) is 6.75. The van der Waals surface area contributed by atoms with E-state index < -0.39 is 0 Å². The SMILES string of the molecule is CCC(CC)n1ccc(CNC2CC=CC2)n1. The molecule has 1 aromatic rings. The molecule has 3 nitrogen and oxygen atoms in total. The molecule has 3 heteroatoms. The van der Waals surface area contributed by atoms with E-state index >= 15 is 0 Å². The van der Waals surface area contributed by atoms with Gasteiger partial charge in [-0.2, -0.15) is 5.10 Å². The molecule has 0 radical (unpaired) electrons. The third-order valence-electron chi connectivity index (χ3n) is 3.56. The van der Waals surface area contributed by atoms with Crippen LogP contribution in [0.5, 0.6) is 0 Å². The summed E-state index contributed by atoms with van der Waals surface area (Å²) in [4.78, 5) is 0. The van der Waals surface area contributed by atoms with E-state index in [0.717, 1.165) is 37.9 Å². The zero-order valence-corrected chi connectivity index (χ0v) is 10.9. The molecular formula is C14H23N3. The van der Waals surface area contributed by atoms with Crippen molar-refractivity contribution in [3.63, 3.8) is 0 Å². The average Bonchev–Trinajstić information content (AvgIpc) is 2.99. The number of rotatable bonds is 6. The number of aromatic nitrogens is 2. The smallest absolute Gasteiger partial charge is 0.0762 e. The van der Waals surface area contributed by atoms with Gasteiger partial charge in [0.15, 0.2) is 0 Å². The first-order chi connectivity index (χ1) is 8.33.